The Morgan fingerprint density at radius 2 is 1.90 bits per heavy atom. The lowest BCUT2D eigenvalue weighted by Gasteiger charge is -2.36. The zero-order valence-electron chi connectivity index (χ0n) is 13.1. The Labute approximate surface area is 124 Å². The minimum absolute atomic E-state index is 0.777. The van der Waals surface area contributed by atoms with E-state index in [1.54, 1.807) is 0 Å². The molecule has 1 aliphatic rings. The number of hydrogen-bond acceptors (Lipinski definition) is 2. The molecule has 0 saturated heterocycles. The van der Waals surface area contributed by atoms with Crippen molar-refractivity contribution in [1.82, 2.24) is 4.90 Å². The normalized spacial score (nSPS) is 23.1. The van der Waals surface area contributed by atoms with Crippen molar-refractivity contribution in [2.24, 2.45) is 5.92 Å². The van der Waals surface area contributed by atoms with E-state index in [-0.39, 0.29) is 0 Å². The van der Waals surface area contributed by atoms with Crippen LogP contribution in [0.15, 0.2) is 24.3 Å². The molecule has 112 valence electrons. The van der Waals surface area contributed by atoms with E-state index in [1.165, 1.54) is 50.6 Å². The maximum Gasteiger partial charge on any atom is 0.0317 e. The fourth-order valence-corrected chi connectivity index (χ4v) is 3.52. The molecule has 2 rings (SSSR count). The molecule has 1 fully saturated rings. The molecular formula is C18H30N2. The van der Waals surface area contributed by atoms with Gasteiger partial charge in [0, 0.05) is 18.3 Å². The predicted molar refractivity (Wildman–Crippen MR) is 87.6 cm³/mol. The van der Waals surface area contributed by atoms with E-state index in [4.69, 9.17) is 5.73 Å². The summed E-state index contributed by atoms with van der Waals surface area (Å²) in [6.45, 7) is 6.88. The molecule has 0 unspecified atom stereocenters. The molecule has 0 amide bonds. The van der Waals surface area contributed by atoms with Crippen LogP contribution in [0.1, 0.15) is 57.9 Å². The Hall–Kier alpha value is -1.02. The van der Waals surface area contributed by atoms with Gasteiger partial charge in [-0.1, -0.05) is 32.4 Å². The van der Waals surface area contributed by atoms with Gasteiger partial charge in [0.2, 0.25) is 0 Å². The van der Waals surface area contributed by atoms with Crippen molar-refractivity contribution >= 4 is 5.69 Å². The standard InChI is InChI=1S/C18H30N2/c1-3-12-20(14-16-6-5-7-17(19)13-16)18-10-8-15(4-2)9-11-18/h5-7,13,15,18H,3-4,8-12,14,19H2,1-2H3. The van der Waals surface area contributed by atoms with Crippen LogP contribution in [-0.4, -0.2) is 17.5 Å². The lowest BCUT2D eigenvalue weighted by atomic mass is 9.84. The second kappa shape index (κ2) is 7.68. The van der Waals surface area contributed by atoms with E-state index in [1.807, 2.05) is 6.07 Å². The number of anilines is 1. The van der Waals surface area contributed by atoms with Crippen molar-refractivity contribution in [3.05, 3.63) is 29.8 Å². The highest BCUT2D eigenvalue weighted by molar-refractivity contribution is 5.40. The van der Waals surface area contributed by atoms with Crippen LogP contribution in [0.4, 0.5) is 5.69 Å². The van der Waals surface area contributed by atoms with Crippen molar-refractivity contribution in [3.63, 3.8) is 0 Å². The third kappa shape index (κ3) is 4.24. The lowest BCUT2D eigenvalue weighted by Crippen LogP contribution is -2.38. The first-order valence-corrected chi connectivity index (χ1v) is 8.31. The topological polar surface area (TPSA) is 29.3 Å². The minimum Gasteiger partial charge on any atom is -0.399 e. The quantitative estimate of drug-likeness (QED) is 0.777. The average molecular weight is 274 g/mol. The highest BCUT2D eigenvalue weighted by atomic mass is 15.1. The van der Waals surface area contributed by atoms with Crippen LogP contribution in [0.2, 0.25) is 0 Å². The Balaban J connectivity index is 1.96. The molecule has 0 radical (unpaired) electrons. The van der Waals surface area contributed by atoms with Gasteiger partial charge in [0.1, 0.15) is 0 Å². The van der Waals surface area contributed by atoms with E-state index < -0.39 is 0 Å². The van der Waals surface area contributed by atoms with Gasteiger partial charge in [0.15, 0.2) is 0 Å². The fourth-order valence-electron chi connectivity index (χ4n) is 3.52. The van der Waals surface area contributed by atoms with Crippen LogP contribution in [0.5, 0.6) is 0 Å². The van der Waals surface area contributed by atoms with E-state index in [2.05, 4.69) is 36.9 Å². The maximum absolute atomic E-state index is 5.90. The van der Waals surface area contributed by atoms with E-state index >= 15 is 0 Å². The molecule has 20 heavy (non-hydrogen) atoms. The van der Waals surface area contributed by atoms with Crippen molar-refractivity contribution in [3.8, 4) is 0 Å². The molecule has 2 heteroatoms. The van der Waals surface area contributed by atoms with E-state index in [0.29, 0.717) is 0 Å². The Morgan fingerprint density at radius 3 is 2.50 bits per heavy atom. The van der Waals surface area contributed by atoms with Crippen LogP contribution in [0.25, 0.3) is 0 Å². The first kappa shape index (κ1) is 15.4. The number of nitrogen functional groups attached to an aromatic ring is 1. The number of nitrogens with zero attached hydrogens (tertiary/aromatic N) is 1. The molecule has 1 saturated carbocycles. The molecule has 0 spiro atoms. The minimum atomic E-state index is 0.777. The number of rotatable bonds is 6. The van der Waals surface area contributed by atoms with Gasteiger partial charge in [-0.15, -0.1) is 0 Å². The Bertz CT molecular complexity index is 394. The lowest BCUT2D eigenvalue weighted by molar-refractivity contribution is 0.128. The van der Waals surface area contributed by atoms with Gasteiger partial charge < -0.3 is 5.73 Å². The van der Waals surface area contributed by atoms with Crippen molar-refractivity contribution in [1.29, 1.82) is 0 Å². The fraction of sp³-hybridized carbons (Fsp3) is 0.667. The van der Waals surface area contributed by atoms with Crippen LogP contribution < -0.4 is 5.73 Å². The number of benzene rings is 1. The number of nitrogens with two attached hydrogens (primary N) is 1. The van der Waals surface area contributed by atoms with Crippen molar-refractivity contribution in [2.45, 2.75) is 65.0 Å². The zero-order chi connectivity index (χ0) is 14.4. The largest absolute Gasteiger partial charge is 0.399 e. The average Bonchev–Trinajstić information content (AvgIpc) is 2.47. The van der Waals surface area contributed by atoms with Gasteiger partial charge in [0.25, 0.3) is 0 Å². The second-order valence-corrected chi connectivity index (χ2v) is 6.30. The van der Waals surface area contributed by atoms with Gasteiger partial charge in [-0.3, -0.25) is 4.90 Å². The van der Waals surface area contributed by atoms with Gasteiger partial charge in [0.05, 0.1) is 0 Å². The summed E-state index contributed by atoms with van der Waals surface area (Å²) >= 11 is 0. The molecule has 0 bridgehead atoms. The molecule has 1 aromatic carbocycles. The van der Waals surface area contributed by atoms with Gasteiger partial charge in [-0.05, 0) is 62.3 Å². The van der Waals surface area contributed by atoms with Crippen molar-refractivity contribution < 1.29 is 0 Å². The van der Waals surface area contributed by atoms with Crippen molar-refractivity contribution in [2.75, 3.05) is 12.3 Å². The zero-order valence-corrected chi connectivity index (χ0v) is 13.1. The summed E-state index contributed by atoms with van der Waals surface area (Å²) in [4.78, 5) is 2.68. The third-order valence-electron chi connectivity index (χ3n) is 4.76. The van der Waals surface area contributed by atoms with E-state index in [9.17, 15) is 0 Å². The summed E-state index contributed by atoms with van der Waals surface area (Å²) < 4.78 is 0. The molecule has 2 N–H and O–H groups in total. The molecule has 1 aromatic rings. The highest BCUT2D eigenvalue weighted by Gasteiger charge is 2.24. The molecule has 0 atom stereocenters. The molecular weight excluding hydrogens is 244 g/mol. The molecule has 1 aliphatic carbocycles. The highest BCUT2D eigenvalue weighted by Crippen LogP contribution is 2.30. The SMILES string of the molecule is CCCN(Cc1cccc(N)c1)C1CCC(CC)CC1. The summed E-state index contributed by atoms with van der Waals surface area (Å²) in [5.74, 6) is 0.974. The van der Waals surface area contributed by atoms with Crippen LogP contribution in [-0.2, 0) is 6.54 Å². The summed E-state index contributed by atoms with van der Waals surface area (Å²) in [6.07, 6.45) is 8.17. The van der Waals surface area contributed by atoms with Crippen LogP contribution in [0.3, 0.4) is 0 Å². The first-order chi connectivity index (χ1) is 9.72. The van der Waals surface area contributed by atoms with Gasteiger partial charge >= 0.3 is 0 Å². The van der Waals surface area contributed by atoms with Gasteiger partial charge in [-0.2, -0.15) is 0 Å². The second-order valence-electron chi connectivity index (χ2n) is 6.30. The smallest absolute Gasteiger partial charge is 0.0317 e. The predicted octanol–water partition coefficient (Wildman–Crippen LogP) is 4.45. The summed E-state index contributed by atoms with van der Waals surface area (Å²) in [5, 5.41) is 0. The Kier molecular flexibility index (Phi) is 5.90. The van der Waals surface area contributed by atoms with Crippen LogP contribution >= 0.6 is 0 Å². The maximum atomic E-state index is 5.90. The molecule has 0 aliphatic heterocycles. The monoisotopic (exact) mass is 274 g/mol. The molecule has 2 nitrogen and oxygen atoms in total. The number of hydrogen-bond donors (Lipinski definition) is 1. The summed E-state index contributed by atoms with van der Waals surface area (Å²) in [5.41, 5.74) is 8.14. The molecule has 0 heterocycles. The third-order valence-corrected chi connectivity index (χ3v) is 4.76. The van der Waals surface area contributed by atoms with Crippen LogP contribution in [0, 0.1) is 5.92 Å². The van der Waals surface area contributed by atoms with Gasteiger partial charge in [-0.25, -0.2) is 0 Å². The first-order valence-electron chi connectivity index (χ1n) is 8.31. The van der Waals surface area contributed by atoms with E-state index in [0.717, 1.165) is 24.2 Å². The summed E-state index contributed by atoms with van der Waals surface area (Å²) in [6, 6.07) is 9.15. The Morgan fingerprint density at radius 1 is 1.15 bits per heavy atom. The molecule has 0 aromatic heterocycles. The summed E-state index contributed by atoms with van der Waals surface area (Å²) in [7, 11) is 0.